The van der Waals surface area contributed by atoms with E-state index in [9.17, 15) is 9.59 Å². The molecule has 1 aromatic rings. The van der Waals surface area contributed by atoms with E-state index in [0.717, 1.165) is 24.3 Å². The fourth-order valence-electron chi connectivity index (χ4n) is 2.85. The summed E-state index contributed by atoms with van der Waals surface area (Å²) in [5.41, 5.74) is 0. The molecule has 2 unspecified atom stereocenters. The van der Waals surface area contributed by atoms with Gasteiger partial charge in [0.15, 0.2) is 0 Å². The molecule has 1 amide bonds. The van der Waals surface area contributed by atoms with Crippen molar-refractivity contribution in [1.29, 1.82) is 0 Å². The predicted molar refractivity (Wildman–Crippen MR) is 92.9 cm³/mol. The van der Waals surface area contributed by atoms with Crippen molar-refractivity contribution < 1.29 is 14.7 Å². The lowest BCUT2D eigenvalue weighted by atomic mass is 9.93. The number of amides is 1. The molecule has 1 aliphatic rings. The molecule has 1 aliphatic heterocycles. The average molecular weight is 356 g/mol. The second kappa shape index (κ2) is 8.60. The molecule has 0 aliphatic carbocycles. The maximum absolute atomic E-state index is 12.6. The highest BCUT2D eigenvalue weighted by molar-refractivity contribution is 8.00. The monoisotopic (exact) mass is 355 g/mol. The molecule has 126 valence electrons. The Balaban J connectivity index is 1.87. The van der Waals surface area contributed by atoms with Gasteiger partial charge in [0.25, 0.3) is 0 Å². The van der Waals surface area contributed by atoms with Gasteiger partial charge >= 0.3 is 5.97 Å². The first kappa shape index (κ1) is 18.1. The Labute approximate surface area is 146 Å². The van der Waals surface area contributed by atoms with Gasteiger partial charge in [0, 0.05) is 29.4 Å². The summed E-state index contributed by atoms with van der Waals surface area (Å²) >= 11 is 7.40. The van der Waals surface area contributed by atoms with E-state index in [0.29, 0.717) is 23.9 Å². The van der Waals surface area contributed by atoms with Crippen molar-refractivity contribution >= 4 is 35.2 Å². The molecular weight excluding hydrogens is 334 g/mol. The van der Waals surface area contributed by atoms with Crippen LogP contribution in [-0.2, 0) is 9.59 Å². The number of halogens is 1. The van der Waals surface area contributed by atoms with E-state index in [-0.39, 0.29) is 17.6 Å². The second-order valence-electron chi connectivity index (χ2n) is 5.94. The van der Waals surface area contributed by atoms with Crippen LogP contribution in [0.3, 0.4) is 0 Å². The number of rotatable bonds is 6. The Bertz CT molecular complexity index is 549. The zero-order valence-electron chi connectivity index (χ0n) is 13.2. The highest BCUT2D eigenvalue weighted by Gasteiger charge is 2.27. The number of likely N-dealkylation sites (tertiary alicyclic amines) is 1. The van der Waals surface area contributed by atoms with Crippen molar-refractivity contribution in [3.8, 4) is 0 Å². The predicted octanol–water partition coefficient (Wildman–Crippen LogP) is 3.92. The van der Waals surface area contributed by atoms with Gasteiger partial charge in [-0.05, 0) is 56.4 Å². The van der Waals surface area contributed by atoms with Crippen LogP contribution in [0, 0.1) is 5.92 Å². The molecule has 4 nitrogen and oxygen atoms in total. The molecule has 2 rings (SSSR count). The molecule has 1 heterocycles. The SMILES string of the molecule is CC(Sc1ccc(Cl)cc1)C(=O)N1CCCC(CCC(=O)O)C1. The van der Waals surface area contributed by atoms with Crippen LogP contribution in [-0.4, -0.2) is 40.2 Å². The minimum Gasteiger partial charge on any atom is -0.481 e. The Hall–Kier alpha value is -1.20. The molecule has 23 heavy (non-hydrogen) atoms. The standard InChI is InChI=1S/C17H22ClNO3S/c1-12(23-15-7-5-14(18)6-8-15)17(22)19-10-2-3-13(11-19)4-9-16(20)21/h5-8,12-13H,2-4,9-11H2,1H3,(H,20,21). The average Bonchev–Trinajstić information content (AvgIpc) is 2.54. The third-order valence-electron chi connectivity index (χ3n) is 4.07. The molecule has 0 saturated carbocycles. The maximum Gasteiger partial charge on any atom is 0.303 e. The van der Waals surface area contributed by atoms with Crippen LogP contribution in [0.25, 0.3) is 0 Å². The zero-order valence-corrected chi connectivity index (χ0v) is 14.8. The first-order valence-electron chi connectivity index (χ1n) is 7.88. The van der Waals surface area contributed by atoms with E-state index in [1.54, 1.807) is 0 Å². The summed E-state index contributed by atoms with van der Waals surface area (Å²) in [7, 11) is 0. The highest BCUT2D eigenvalue weighted by Crippen LogP contribution is 2.28. The molecular formula is C17H22ClNO3S. The third kappa shape index (κ3) is 5.74. The molecule has 0 aromatic heterocycles. The third-order valence-corrected chi connectivity index (χ3v) is 5.42. The van der Waals surface area contributed by atoms with E-state index < -0.39 is 5.97 Å². The first-order valence-corrected chi connectivity index (χ1v) is 9.14. The molecule has 0 bridgehead atoms. The number of thioether (sulfide) groups is 1. The minimum atomic E-state index is -0.764. The van der Waals surface area contributed by atoms with Crippen LogP contribution in [0.4, 0.5) is 0 Å². The number of benzene rings is 1. The van der Waals surface area contributed by atoms with Crippen molar-refractivity contribution in [2.45, 2.75) is 42.8 Å². The van der Waals surface area contributed by atoms with Crippen molar-refractivity contribution in [1.82, 2.24) is 4.90 Å². The number of carboxylic acids is 1. The Morgan fingerprint density at radius 2 is 2.09 bits per heavy atom. The number of nitrogens with zero attached hydrogens (tertiary/aromatic N) is 1. The number of carboxylic acid groups (broad SMARTS) is 1. The minimum absolute atomic E-state index is 0.130. The van der Waals surface area contributed by atoms with Crippen molar-refractivity contribution in [2.75, 3.05) is 13.1 Å². The molecule has 1 fully saturated rings. The van der Waals surface area contributed by atoms with Gasteiger partial charge in [-0.3, -0.25) is 9.59 Å². The van der Waals surface area contributed by atoms with Crippen LogP contribution in [0.1, 0.15) is 32.6 Å². The van der Waals surface area contributed by atoms with Gasteiger partial charge < -0.3 is 10.0 Å². The molecule has 0 radical (unpaired) electrons. The Morgan fingerprint density at radius 1 is 1.39 bits per heavy atom. The van der Waals surface area contributed by atoms with Gasteiger partial charge in [-0.15, -0.1) is 11.8 Å². The number of carbonyl (C=O) groups is 2. The summed E-state index contributed by atoms with van der Waals surface area (Å²) in [6, 6.07) is 7.49. The van der Waals surface area contributed by atoms with E-state index in [2.05, 4.69) is 0 Å². The number of hydrogen-bond acceptors (Lipinski definition) is 3. The van der Waals surface area contributed by atoms with E-state index in [1.165, 1.54) is 11.8 Å². The largest absolute Gasteiger partial charge is 0.481 e. The summed E-state index contributed by atoms with van der Waals surface area (Å²) in [6.07, 6.45) is 2.80. The first-order chi connectivity index (χ1) is 11.0. The quantitative estimate of drug-likeness (QED) is 0.785. The lowest BCUT2D eigenvalue weighted by molar-refractivity contribution is -0.137. The van der Waals surface area contributed by atoms with Crippen molar-refractivity contribution in [3.05, 3.63) is 29.3 Å². The molecule has 1 aromatic carbocycles. The van der Waals surface area contributed by atoms with E-state index >= 15 is 0 Å². The van der Waals surface area contributed by atoms with Gasteiger partial charge in [-0.1, -0.05) is 11.6 Å². The van der Waals surface area contributed by atoms with E-state index in [4.69, 9.17) is 16.7 Å². The summed E-state index contributed by atoms with van der Waals surface area (Å²) in [4.78, 5) is 26.2. The Kier molecular flexibility index (Phi) is 6.78. The van der Waals surface area contributed by atoms with Crippen LogP contribution in [0.15, 0.2) is 29.2 Å². The molecule has 1 N–H and O–H groups in total. The van der Waals surface area contributed by atoms with Crippen LogP contribution in [0.2, 0.25) is 5.02 Å². The van der Waals surface area contributed by atoms with Crippen LogP contribution >= 0.6 is 23.4 Å². The number of carbonyl (C=O) groups excluding carboxylic acids is 1. The summed E-state index contributed by atoms with van der Waals surface area (Å²) in [5.74, 6) is -0.332. The van der Waals surface area contributed by atoms with Gasteiger partial charge in [-0.25, -0.2) is 0 Å². The number of hydrogen-bond donors (Lipinski definition) is 1. The fraction of sp³-hybridized carbons (Fsp3) is 0.529. The fourth-order valence-corrected chi connectivity index (χ4v) is 3.93. The number of aliphatic carboxylic acids is 1. The smallest absolute Gasteiger partial charge is 0.303 e. The topological polar surface area (TPSA) is 57.6 Å². The summed E-state index contributed by atoms with van der Waals surface area (Å²) < 4.78 is 0. The van der Waals surface area contributed by atoms with Crippen molar-refractivity contribution in [2.24, 2.45) is 5.92 Å². The van der Waals surface area contributed by atoms with Gasteiger partial charge in [0.1, 0.15) is 0 Å². The van der Waals surface area contributed by atoms with E-state index in [1.807, 2.05) is 36.1 Å². The molecule has 1 saturated heterocycles. The maximum atomic E-state index is 12.6. The highest BCUT2D eigenvalue weighted by atomic mass is 35.5. The normalized spacial score (nSPS) is 19.4. The van der Waals surface area contributed by atoms with Gasteiger partial charge in [0.05, 0.1) is 5.25 Å². The molecule has 6 heteroatoms. The van der Waals surface area contributed by atoms with Crippen LogP contribution < -0.4 is 0 Å². The van der Waals surface area contributed by atoms with Gasteiger partial charge in [-0.2, -0.15) is 0 Å². The van der Waals surface area contributed by atoms with Crippen LogP contribution in [0.5, 0.6) is 0 Å². The second-order valence-corrected chi connectivity index (χ2v) is 7.79. The summed E-state index contributed by atoms with van der Waals surface area (Å²) in [6.45, 7) is 3.37. The van der Waals surface area contributed by atoms with Gasteiger partial charge in [0.2, 0.25) is 5.91 Å². The number of piperidine rings is 1. The molecule has 2 atom stereocenters. The molecule has 0 spiro atoms. The zero-order chi connectivity index (χ0) is 16.8. The lowest BCUT2D eigenvalue weighted by Gasteiger charge is -2.34. The lowest BCUT2D eigenvalue weighted by Crippen LogP contribution is -2.43. The van der Waals surface area contributed by atoms with Crippen molar-refractivity contribution in [3.63, 3.8) is 0 Å². The summed E-state index contributed by atoms with van der Waals surface area (Å²) in [5, 5.41) is 9.33. The Morgan fingerprint density at radius 3 is 2.74 bits per heavy atom.